The van der Waals surface area contributed by atoms with E-state index >= 15 is 0 Å². The standard InChI is InChI=1S/C37H29N3O5S2/c41-27(38-26-15-7-9-19-8-4-5-14-23(19)26)18-45-22-13-6-10-20(16-22)28-29-24-17-25(32(29)46-34-33(28)47-37(44)39-34)31-30(24)35(42)40(36(31)43)21-11-2-1-3-12-21/h1-16,24-25,28-32H,17-18H2,(H,38,41)(H,39,44)/t24-,25-,28+,29-,30+,31+,32-/m1/s1. The maximum atomic E-state index is 13.9. The maximum absolute atomic E-state index is 13.9. The van der Waals surface area contributed by atoms with E-state index in [0.29, 0.717) is 11.4 Å². The van der Waals surface area contributed by atoms with Crippen LogP contribution >= 0.6 is 23.1 Å². The summed E-state index contributed by atoms with van der Waals surface area (Å²) in [6, 6.07) is 30.6. The minimum Gasteiger partial charge on any atom is -0.484 e. The van der Waals surface area contributed by atoms with Crippen LogP contribution in [0.5, 0.6) is 5.75 Å². The van der Waals surface area contributed by atoms with E-state index in [-0.39, 0.29) is 70.0 Å². The second-order valence-electron chi connectivity index (χ2n) is 12.7. The zero-order chi connectivity index (χ0) is 31.8. The van der Waals surface area contributed by atoms with Gasteiger partial charge < -0.3 is 15.0 Å². The lowest BCUT2D eigenvalue weighted by Gasteiger charge is -2.43. The molecule has 10 heteroatoms. The molecule has 4 aromatic carbocycles. The highest BCUT2D eigenvalue weighted by atomic mass is 32.2. The number of fused-ring (bicyclic) bond motifs is 10. The summed E-state index contributed by atoms with van der Waals surface area (Å²) in [5, 5.41) is 5.92. The minimum absolute atomic E-state index is 0.0130. The van der Waals surface area contributed by atoms with Crippen molar-refractivity contribution in [2.75, 3.05) is 16.8 Å². The van der Waals surface area contributed by atoms with Crippen LogP contribution < -0.4 is 19.8 Å². The van der Waals surface area contributed by atoms with Crippen LogP contribution in [0.1, 0.15) is 22.8 Å². The number of carbonyl (C=O) groups is 3. The van der Waals surface area contributed by atoms with Crippen LogP contribution in [0.25, 0.3) is 10.8 Å². The molecule has 2 aliphatic carbocycles. The van der Waals surface area contributed by atoms with Gasteiger partial charge in [-0.1, -0.05) is 78.1 Å². The largest absolute Gasteiger partial charge is 0.484 e. The third kappa shape index (κ3) is 4.49. The van der Waals surface area contributed by atoms with Gasteiger partial charge in [-0.25, -0.2) is 0 Å². The van der Waals surface area contributed by atoms with Crippen molar-refractivity contribution in [3.63, 3.8) is 0 Å². The van der Waals surface area contributed by atoms with Gasteiger partial charge >= 0.3 is 4.87 Å². The number of hydrogen-bond acceptors (Lipinski definition) is 7. The van der Waals surface area contributed by atoms with Crippen molar-refractivity contribution < 1.29 is 19.1 Å². The van der Waals surface area contributed by atoms with E-state index < -0.39 is 0 Å². The molecule has 1 saturated heterocycles. The molecule has 2 aliphatic heterocycles. The summed E-state index contributed by atoms with van der Waals surface area (Å²) in [5.41, 5.74) is 2.33. The van der Waals surface area contributed by atoms with Gasteiger partial charge in [-0.05, 0) is 65.5 Å². The Hall–Kier alpha value is -4.67. The van der Waals surface area contributed by atoms with E-state index in [1.165, 1.54) is 16.2 Å². The van der Waals surface area contributed by atoms with E-state index in [1.807, 2.05) is 97.1 Å². The molecule has 7 atom stereocenters. The summed E-state index contributed by atoms with van der Waals surface area (Å²) in [6.07, 6.45) is 0.817. The fourth-order valence-electron chi connectivity index (χ4n) is 8.69. The molecule has 4 aliphatic rings. The number of nitrogens with zero attached hydrogens (tertiary/aromatic N) is 1. The first-order chi connectivity index (χ1) is 23.0. The minimum atomic E-state index is -0.369. The Morgan fingerprint density at radius 1 is 0.872 bits per heavy atom. The number of H-pyrrole nitrogens is 1. The summed E-state index contributed by atoms with van der Waals surface area (Å²) in [4.78, 5) is 58.7. The fraction of sp³-hybridized carbons (Fsp3) is 0.243. The molecule has 2 bridgehead atoms. The highest BCUT2D eigenvalue weighted by Crippen LogP contribution is 2.68. The van der Waals surface area contributed by atoms with Crippen molar-refractivity contribution in [1.82, 2.24) is 4.98 Å². The molecular weight excluding hydrogens is 631 g/mol. The van der Waals surface area contributed by atoms with Crippen molar-refractivity contribution in [3.05, 3.63) is 117 Å². The summed E-state index contributed by atoms with van der Waals surface area (Å²) >= 11 is 2.89. The van der Waals surface area contributed by atoms with E-state index in [1.54, 1.807) is 11.8 Å². The number of nitrogens with one attached hydrogen (secondary N) is 2. The molecule has 47 heavy (non-hydrogen) atoms. The van der Waals surface area contributed by atoms with Crippen LogP contribution in [0, 0.1) is 29.6 Å². The zero-order valence-electron chi connectivity index (χ0n) is 25.0. The molecule has 2 N–H and O–H groups in total. The summed E-state index contributed by atoms with van der Waals surface area (Å²) in [5.74, 6) is -0.646. The number of imide groups is 1. The Kier molecular flexibility index (Phi) is 6.65. The lowest BCUT2D eigenvalue weighted by Crippen LogP contribution is -2.42. The Morgan fingerprint density at radius 3 is 2.47 bits per heavy atom. The molecular formula is C37H29N3O5S2. The fourth-order valence-corrected chi connectivity index (χ4v) is 11.6. The average Bonchev–Trinajstić information content (AvgIpc) is 3.83. The monoisotopic (exact) mass is 659 g/mol. The number of para-hydroxylation sites is 1. The van der Waals surface area contributed by atoms with Crippen LogP contribution in [0.15, 0.2) is 107 Å². The Labute approximate surface area is 278 Å². The molecule has 0 radical (unpaired) electrons. The van der Waals surface area contributed by atoms with Crippen molar-refractivity contribution in [2.24, 2.45) is 29.6 Å². The molecule has 0 unspecified atom stereocenters. The van der Waals surface area contributed by atoms with Gasteiger partial charge in [0.15, 0.2) is 6.61 Å². The molecule has 9 rings (SSSR count). The molecule has 2 saturated carbocycles. The van der Waals surface area contributed by atoms with E-state index in [0.717, 1.165) is 38.3 Å². The average molecular weight is 660 g/mol. The summed E-state index contributed by atoms with van der Waals surface area (Å²) in [6.45, 7) is -0.164. The van der Waals surface area contributed by atoms with Gasteiger partial charge in [0.25, 0.3) is 5.91 Å². The number of thioether (sulfide) groups is 1. The molecule has 1 aromatic heterocycles. The maximum Gasteiger partial charge on any atom is 0.305 e. The Balaban J connectivity index is 1.00. The van der Waals surface area contributed by atoms with Crippen molar-refractivity contribution in [1.29, 1.82) is 0 Å². The van der Waals surface area contributed by atoms with E-state index in [4.69, 9.17) is 4.74 Å². The van der Waals surface area contributed by atoms with Crippen LogP contribution in [-0.2, 0) is 14.4 Å². The third-order valence-corrected chi connectivity index (χ3v) is 13.0. The number of carbonyl (C=O) groups excluding carboxylic acids is 3. The van der Waals surface area contributed by atoms with Crippen LogP contribution in [0.4, 0.5) is 11.4 Å². The Morgan fingerprint density at radius 2 is 1.62 bits per heavy atom. The van der Waals surface area contributed by atoms with E-state index in [9.17, 15) is 19.2 Å². The van der Waals surface area contributed by atoms with Gasteiger partial charge in [0.05, 0.1) is 22.5 Å². The second-order valence-corrected chi connectivity index (χ2v) is 14.9. The number of benzene rings is 4. The normalized spacial score (nSPS) is 27.1. The van der Waals surface area contributed by atoms with Gasteiger partial charge in [0.2, 0.25) is 11.8 Å². The predicted octanol–water partition coefficient (Wildman–Crippen LogP) is 6.29. The van der Waals surface area contributed by atoms with Gasteiger partial charge in [0, 0.05) is 27.1 Å². The molecule has 3 fully saturated rings. The van der Waals surface area contributed by atoms with Gasteiger partial charge in [0.1, 0.15) is 5.75 Å². The molecule has 5 aromatic rings. The van der Waals surface area contributed by atoms with Gasteiger partial charge in [-0.2, -0.15) is 0 Å². The number of hydrogen-bond donors (Lipinski definition) is 2. The highest BCUT2D eigenvalue weighted by Gasteiger charge is 2.69. The lowest BCUT2D eigenvalue weighted by atomic mass is 9.68. The SMILES string of the molecule is O=C(COc1cccc([C@@H]2c3sc(=O)[nH]c3S[C@@H]3[C@@H]4C[C@@H]([C@@H]5C(=O)N(c6ccccc6)C(=O)[C@@H]45)[C@H]23)c1)Nc1cccc2ccccc12. The van der Waals surface area contributed by atoms with Gasteiger partial charge in [-0.3, -0.25) is 24.1 Å². The zero-order valence-corrected chi connectivity index (χ0v) is 26.6. The van der Waals surface area contributed by atoms with Crippen LogP contribution in [0.3, 0.4) is 0 Å². The van der Waals surface area contributed by atoms with Gasteiger partial charge in [-0.15, -0.1) is 11.8 Å². The third-order valence-electron chi connectivity index (χ3n) is 10.4. The number of rotatable bonds is 6. The van der Waals surface area contributed by atoms with Crippen molar-refractivity contribution in [2.45, 2.75) is 22.6 Å². The number of amides is 3. The van der Waals surface area contributed by atoms with Crippen molar-refractivity contribution >= 4 is 63.0 Å². The molecule has 3 heterocycles. The topological polar surface area (TPSA) is 109 Å². The summed E-state index contributed by atoms with van der Waals surface area (Å²) < 4.78 is 6.02. The number of aromatic amines is 1. The number of anilines is 2. The second kappa shape index (κ2) is 11.0. The molecule has 8 nitrogen and oxygen atoms in total. The lowest BCUT2D eigenvalue weighted by molar-refractivity contribution is -0.123. The van der Waals surface area contributed by atoms with Crippen molar-refractivity contribution in [3.8, 4) is 5.75 Å². The quantitative estimate of drug-likeness (QED) is 0.208. The molecule has 234 valence electrons. The molecule has 3 amide bonds. The number of thiazole rings is 1. The number of ether oxygens (including phenoxy) is 1. The highest BCUT2D eigenvalue weighted by molar-refractivity contribution is 8.00. The Bertz CT molecular complexity index is 2140. The first-order valence-corrected chi connectivity index (χ1v) is 17.5. The van der Waals surface area contributed by atoms with Crippen LogP contribution in [0.2, 0.25) is 0 Å². The first-order valence-electron chi connectivity index (χ1n) is 15.8. The summed E-state index contributed by atoms with van der Waals surface area (Å²) in [7, 11) is 0. The predicted molar refractivity (Wildman–Crippen MR) is 182 cm³/mol. The smallest absolute Gasteiger partial charge is 0.305 e. The number of aromatic nitrogens is 1. The van der Waals surface area contributed by atoms with E-state index in [2.05, 4.69) is 10.3 Å². The van der Waals surface area contributed by atoms with Crippen LogP contribution in [-0.4, -0.2) is 34.6 Å². The first kappa shape index (κ1) is 28.5. The molecule has 0 spiro atoms.